The molecule has 1 aliphatic heterocycles. The molecule has 1 aliphatic rings. The second kappa shape index (κ2) is 6.52. The van der Waals surface area contributed by atoms with Gasteiger partial charge in [-0.2, -0.15) is 0 Å². The number of anilines is 1. The van der Waals surface area contributed by atoms with Crippen LogP contribution >= 0.6 is 0 Å². The molecule has 0 aromatic heterocycles. The lowest BCUT2D eigenvalue weighted by Crippen LogP contribution is -2.29. The van der Waals surface area contributed by atoms with Crippen LogP contribution in [0.3, 0.4) is 0 Å². The maximum atomic E-state index is 13.3. The van der Waals surface area contributed by atoms with E-state index >= 15 is 0 Å². The molecule has 2 rings (SSSR count). The fourth-order valence-electron chi connectivity index (χ4n) is 2.16. The molecule has 0 spiro atoms. The van der Waals surface area contributed by atoms with Gasteiger partial charge in [-0.1, -0.05) is 0 Å². The van der Waals surface area contributed by atoms with Gasteiger partial charge in [-0.25, -0.2) is 4.39 Å². The number of carbonyl (C=O) groups excluding carboxylic acids is 1. The summed E-state index contributed by atoms with van der Waals surface area (Å²) in [6.07, 6.45) is 0.634. The Labute approximate surface area is 118 Å². The second-order valence-corrected chi connectivity index (χ2v) is 4.73. The first-order valence-electron chi connectivity index (χ1n) is 6.68. The molecule has 0 atom stereocenters. The molecule has 20 heavy (non-hydrogen) atoms. The highest BCUT2D eigenvalue weighted by Gasteiger charge is 2.18. The van der Waals surface area contributed by atoms with E-state index in [0.717, 1.165) is 22.5 Å². The smallest absolute Gasteiger partial charge is 0.217 e. The third-order valence-electron chi connectivity index (χ3n) is 3.18. The van der Waals surface area contributed by atoms with Crippen LogP contribution in [0.25, 0.3) is 0 Å². The highest BCUT2D eigenvalue weighted by molar-refractivity contribution is 5.73. The normalized spacial score (nSPS) is 13.8. The maximum Gasteiger partial charge on any atom is 0.217 e. The molecule has 0 bridgehead atoms. The Balaban J connectivity index is 2.20. The van der Waals surface area contributed by atoms with Crippen LogP contribution in [-0.2, 0) is 16.0 Å². The fourth-order valence-corrected chi connectivity index (χ4v) is 2.16. The topological polar surface area (TPSA) is 50.4 Å². The Morgan fingerprint density at radius 1 is 1.50 bits per heavy atom. The molecule has 2 N–H and O–H groups in total. The molecule has 108 valence electrons. The minimum atomic E-state index is -0.244. The van der Waals surface area contributed by atoms with Crippen LogP contribution in [0.2, 0.25) is 0 Å². The quantitative estimate of drug-likeness (QED) is 0.868. The predicted molar refractivity (Wildman–Crippen MR) is 75.9 cm³/mol. The number of amides is 1. The third-order valence-corrected chi connectivity index (χ3v) is 3.18. The summed E-state index contributed by atoms with van der Waals surface area (Å²) < 4.78 is 18.7. The first-order valence-corrected chi connectivity index (χ1v) is 6.68. The zero-order chi connectivity index (χ0) is 14.5. The average molecular weight is 278 g/mol. The first-order chi connectivity index (χ1) is 9.60. The second-order valence-electron chi connectivity index (χ2n) is 4.73. The van der Waals surface area contributed by atoms with E-state index in [0.29, 0.717) is 26.2 Å². The summed E-state index contributed by atoms with van der Waals surface area (Å²) >= 11 is 0. The van der Waals surface area contributed by atoms with Gasteiger partial charge in [-0.15, -0.1) is 0 Å². The van der Waals surface area contributed by atoms with Gasteiger partial charge < -0.3 is 15.4 Å². The fraction of sp³-hybridized carbons (Fsp3) is 0.400. The van der Waals surface area contributed by atoms with Crippen LogP contribution in [0, 0.1) is 5.82 Å². The lowest BCUT2D eigenvalue weighted by molar-refractivity contribution is -0.118. The van der Waals surface area contributed by atoms with Gasteiger partial charge in [-0.3, -0.25) is 4.79 Å². The van der Waals surface area contributed by atoms with Gasteiger partial charge >= 0.3 is 0 Å². The Hall–Kier alpha value is -1.88. The highest BCUT2D eigenvalue weighted by atomic mass is 19.1. The monoisotopic (exact) mass is 278 g/mol. The SMILES string of the molecule is CCOCC1=C(CNC(C)=O)Nc2ccc(F)cc2C1. The Kier molecular flexibility index (Phi) is 4.74. The highest BCUT2D eigenvalue weighted by Crippen LogP contribution is 2.28. The number of halogens is 1. The molecular formula is C15H19FN2O2. The van der Waals surface area contributed by atoms with E-state index in [-0.39, 0.29) is 11.7 Å². The number of nitrogens with one attached hydrogen (secondary N) is 2. The number of fused-ring (bicyclic) bond motifs is 1. The molecule has 0 unspecified atom stereocenters. The van der Waals surface area contributed by atoms with E-state index in [2.05, 4.69) is 10.6 Å². The van der Waals surface area contributed by atoms with Crippen molar-refractivity contribution in [2.75, 3.05) is 25.1 Å². The van der Waals surface area contributed by atoms with Gasteiger partial charge in [0.15, 0.2) is 0 Å². The third kappa shape index (κ3) is 3.57. The number of rotatable bonds is 5. The van der Waals surface area contributed by atoms with Gasteiger partial charge in [0.05, 0.1) is 13.2 Å². The Bertz CT molecular complexity index is 541. The van der Waals surface area contributed by atoms with Crippen molar-refractivity contribution in [1.82, 2.24) is 5.32 Å². The summed E-state index contributed by atoms with van der Waals surface area (Å²) in [5.74, 6) is -0.327. The molecule has 5 heteroatoms. The zero-order valence-electron chi connectivity index (χ0n) is 11.8. The summed E-state index contributed by atoms with van der Waals surface area (Å²) in [4.78, 5) is 11.1. The molecule has 0 radical (unpaired) electrons. The van der Waals surface area contributed by atoms with Crippen LogP contribution in [0.15, 0.2) is 29.5 Å². The lowest BCUT2D eigenvalue weighted by atomic mass is 9.97. The number of hydrogen-bond acceptors (Lipinski definition) is 3. The summed E-state index contributed by atoms with van der Waals surface area (Å²) in [5, 5.41) is 6.03. The molecule has 1 heterocycles. The van der Waals surface area contributed by atoms with Crippen LogP contribution in [0.1, 0.15) is 19.4 Å². The summed E-state index contributed by atoms with van der Waals surface area (Å²) in [7, 11) is 0. The van der Waals surface area contributed by atoms with Gasteiger partial charge in [0.1, 0.15) is 5.82 Å². The first kappa shape index (κ1) is 14.5. The predicted octanol–water partition coefficient (Wildman–Crippen LogP) is 2.22. The molecule has 0 saturated heterocycles. The van der Waals surface area contributed by atoms with Crippen LogP contribution < -0.4 is 10.6 Å². The van der Waals surface area contributed by atoms with Crippen molar-refractivity contribution in [2.45, 2.75) is 20.3 Å². The van der Waals surface area contributed by atoms with E-state index in [1.54, 1.807) is 6.07 Å². The van der Waals surface area contributed by atoms with Crippen LogP contribution in [0.4, 0.5) is 10.1 Å². The van der Waals surface area contributed by atoms with Crippen molar-refractivity contribution < 1.29 is 13.9 Å². The minimum absolute atomic E-state index is 0.0834. The lowest BCUT2D eigenvalue weighted by Gasteiger charge is -2.25. The van der Waals surface area contributed by atoms with Crippen molar-refractivity contribution in [3.8, 4) is 0 Å². The maximum absolute atomic E-state index is 13.3. The molecule has 0 saturated carbocycles. The van der Waals surface area contributed by atoms with E-state index in [4.69, 9.17) is 4.74 Å². The minimum Gasteiger partial charge on any atom is -0.377 e. The van der Waals surface area contributed by atoms with E-state index in [1.165, 1.54) is 19.1 Å². The van der Waals surface area contributed by atoms with Crippen LogP contribution in [0.5, 0.6) is 0 Å². The molecule has 0 aliphatic carbocycles. The van der Waals surface area contributed by atoms with Gasteiger partial charge in [0.2, 0.25) is 5.91 Å². The van der Waals surface area contributed by atoms with Crippen molar-refractivity contribution in [1.29, 1.82) is 0 Å². The molecule has 4 nitrogen and oxygen atoms in total. The van der Waals surface area contributed by atoms with Crippen molar-refractivity contribution in [2.24, 2.45) is 0 Å². The molecule has 1 amide bonds. The number of ether oxygens (including phenoxy) is 1. The van der Waals surface area contributed by atoms with Crippen molar-refractivity contribution >= 4 is 11.6 Å². The van der Waals surface area contributed by atoms with Gasteiger partial charge in [0, 0.05) is 24.9 Å². The molecule has 1 aromatic carbocycles. The number of benzene rings is 1. The standard InChI is InChI=1S/C15H19FN2O2/c1-3-20-9-12-6-11-7-13(16)4-5-14(11)18-15(12)8-17-10(2)19/h4-5,7,18H,3,6,8-9H2,1-2H3,(H,17,19). The Morgan fingerprint density at radius 3 is 3.00 bits per heavy atom. The van der Waals surface area contributed by atoms with Crippen molar-refractivity contribution in [3.05, 3.63) is 40.8 Å². The summed E-state index contributed by atoms with van der Waals surface area (Å²) in [6, 6.07) is 4.68. The van der Waals surface area contributed by atoms with Crippen molar-refractivity contribution in [3.63, 3.8) is 0 Å². The molecule has 1 aromatic rings. The van der Waals surface area contributed by atoms with Gasteiger partial charge in [-0.05, 0) is 42.7 Å². The van der Waals surface area contributed by atoms with E-state index in [9.17, 15) is 9.18 Å². The van der Waals surface area contributed by atoms with Crippen LogP contribution in [-0.4, -0.2) is 25.7 Å². The largest absolute Gasteiger partial charge is 0.377 e. The molecule has 0 fully saturated rings. The molecular weight excluding hydrogens is 259 g/mol. The van der Waals surface area contributed by atoms with E-state index < -0.39 is 0 Å². The Morgan fingerprint density at radius 2 is 2.30 bits per heavy atom. The van der Waals surface area contributed by atoms with Gasteiger partial charge in [0.25, 0.3) is 0 Å². The van der Waals surface area contributed by atoms with E-state index in [1.807, 2.05) is 6.92 Å². The average Bonchev–Trinajstić information content (AvgIpc) is 2.42. The summed E-state index contributed by atoms with van der Waals surface area (Å²) in [6.45, 7) is 4.93. The summed E-state index contributed by atoms with van der Waals surface area (Å²) in [5.41, 5.74) is 3.75. The number of hydrogen-bond donors (Lipinski definition) is 2. The zero-order valence-corrected chi connectivity index (χ0v) is 11.8. The number of carbonyl (C=O) groups is 1.